The summed E-state index contributed by atoms with van der Waals surface area (Å²) in [5, 5.41) is 11.2. The van der Waals surface area contributed by atoms with Crippen molar-refractivity contribution in [1.82, 2.24) is 10.2 Å². The summed E-state index contributed by atoms with van der Waals surface area (Å²) in [5.41, 5.74) is 0.183. The number of nitrogens with one attached hydrogen (secondary N) is 1. The predicted molar refractivity (Wildman–Crippen MR) is 164 cm³/mol. The van der Waals surface area contributed by atoms with Crippen LogP contribution in [0.5, 0.6) is 0 Å². The minimum atomic E-state index is -0.621. The van der Waals surface area contributed by atoms with Gasteiger partial charge < -0.3 is 15.0 Å². The van der Waals surface area contributed by atoms with E-state index >= 15 is 0 Å². The molecule has 0 saturated heterocycles. The van der Waals surface area contributed by atoms with Crippen molar-refractivity contribution in [1.29, 1.82) is 0 Å². The van der Waals surface area contributed by atoms with Crippen LogP contribution in [-0.4, -0.2) is 47.0 Å². The average molecular weight is 577 g/mol. The second-order valence-electron chi connectivity index (χ2n) is 11.6. The highest BCUT2D eigenvalue weighted by Gasteiger charge is 2.38. The first kappa shape index (κ1) is 33.0. The van der Waals surface area contributed by atoms with Gasteiger partial charge in [-0.05, 0) is 50.7 Å². The van der Waals surface area contributed by atoms with Crippen LogP contribution in [-0.2, 0) is 14.3 Å². The molecule has 0 saturated carbocycles. The van der Waals surface area contributed by atoms with Crippen LogP contribution >= 0.6 is 0 Å². The quantitative estimate of drug-likeness (QED) is 0.103. The Labute approximate surface area is 251 Å². The van der Waals surface area contributed by atoms with Gasteiger partial charge in [-0.25, -0.2) is 4.79 Å². The zero-order chi connectivity index (χ0) is 30.2. The van der Waals surface area contributed by atoms with Gasteiger partial charge in [-0.3, -0.25) is 9.59 Å². The Balaban J connectivity index is 1.39. The number of hydrogen-bond acceptors (Lipinski definition) is 6. The van der Waals surface area contributed by atoms with Crippen molar-refractivity contribution in [2.45, 2.75) is 122 Å². The number of benzene rings is 1. The molecule has 2 aliphatic rings. The van der Waals surface area contributed by atoms with Crippen molar-refractivity contribution in [2.24, 2.45) is 16.1 Å². The molecule has 2 heterocycles. The highest BCUT2D eigenvalue weighted by atomic mass is 16.5. The summed E-state index contributed by atoms with van der Waals surface area (Å²) in [6.07, 6.45) is 21.0. The second-order valence-corrected chi connectivity index (χ2v) is 11.6. The van der Waals surface area contributed by atoms with Gasteiger partial charge in [0, 0.05) is 43.5 Å². The van der Waals surface area contributed by atoms with Crippen LogP contribution in [0.1, 0.15) is 114 Å². The molecule has 3 rings (SSSR count). The molecule has 0 spiro atoms. The molecule has 0 radical (unpaired) electrons. The standard InChI is InChI=1S/C34H48N4O4/c1-4-6-8-14-20-29(42-33(41)30-22-16-26-38(30)32(40)28-18-12-10-13-19-28)21-15-9-11-17-27(3)31(39)35-25-24-34(36-37-34)23-7-5-2/h2,10,12-13,16,18-19,26-27,29-30H,4,6-9,11,14-15,17,20-25H2,1,3H3,(H,35,39)/t27-,29-,30+/m1/s1. The molecule has 8 nitrogen and oxygen atoms in total. The lowest BCUT2D eigenvalue weighted by Crippen LogP contribution is -2.41. The lowest BCUT2D eigenvalue weighted by molar-refractivity contribution is -0.154. The topological polar surface area (TPSA) is 100 Å². The van der Waals surface area contributed by atoms with E-state index < -0.39 is 6.04 Å². The van der Waals surface area contributed by atoms with Crippen LogP contribution in [0.25, 0.3) is 0 Å². The number of hydrogen-bond donors (Lipinski definition) is 1. The monoisotopic (exact) mass is 576 g/mol. The first-order valence-corrected chi connectivity index (χ1v) is 15.8. The fraction of sp³-hybridized carbons (Fsp3) is 0.618. The Bertz CT molecular complexity index is 1100. The van der Waals surface area contributed by atoms with Crippen molar-refractivity contribution < 1.29 is 19.1 Å². The zero-order valence-electron chi connectivity index (χ0n) is 25.4. The van der Waals surface area contributed by atoms with Gasteiger partial charge >= 0.3 is 5.97 Å². The zero-order valence-corrected chi connectivity index (χ0v) is 25.4. The fourth-order valence-corrected chi connectivity index (χ4v) is 5.33. The molecule has 3 atom stereocenters. The van der Waals surface area contributed by atoms with Crippen molar-refractivity contribution in [3.8, 4) is 12.3 Å². The number of unbranched alkanes of at least 4 members (excludes halogenated alkanes) is 5. The number of ether oxygens (including phenoxy) is 1. The van der Waals surface area contributed by atoms with Gasteiger partial charge in [-0.15, -0.1) is 12.3 Å². The van der Waals surface area contributed by atoms with Crippen molar-refractivity contribution in [3.05, 3.63) is 48.2 Å². The van der Waals surface area contributed by atoms with Crippen LogP contribution < -0.4 is 5.32 Å². The molecule has 0 unspecified atom stereocenters. The van der Waals surface area contributed by atoms with Crippen LogP contribution in [0.2, 0.25) is 0 Å². The summed E-state index contributed by atoms with van der Waals surface area (Å²) in [6.45, 7) is 4.70. The number of carbonyl (C=O) groups excluding carboxylic acids is 3. The molecule has 2 aliphatic heterocycles. The van der Waals surface area contributed by atoms with E-state index in [2.05, 4.69) is 28.4 Å². The molecule has 1 aromatic carbocycles. The van der Waals surface area contributed by atoms with Crippen molar-refractivity contribution in [3.63, 3.8) is 0 Å². The molecule has 1 N–H and O–H groups in total. The Morgan fingerprint density at radius 1 is 1.05 bits per heavy atom. The van der Waals surface area contributed by atoms with Crippen LogP contribution in [0.4, 0.5) is 0 Å². The molecule has 8 heteroatoms. The average Bonchev–Trinajstić information content (AvgIpc) is 3.59. The molecule has 1 aromatic rings. The third kappa shape index (κ3) is 10.7. The van der Waals surface area contributed by atoms with E-state index in [1.165, 1.54) is 11.3 Å². The Morgan fingerprint density at radius 3 is 2.40 bits per heavy atom. The van der Waals surface area contributed by atoms with Crippen LogP contribution in [0, 0.1) is 18.3 Å². The minimum absolute atomic E-state index is 0.0604. The smallest absolute Gasteiger partial charge is 0.329 e. The SMILES string of the molecule is C#CCCC1(CCNC(=O)[C@H](C)CCCCC[C@@H](CCCCCC)OC(=O)[C@@H]2CC=CN2C(=O)c2ccccc2)N=N1. The van der Waals surface area contributed by atoms with E-state index in [0.717, 1.165) is 64.2 Å². The summed E-state index contributed by atoms with van der Waals surface area (Å²) < 4.78 is 6.03. The lowest BCUT2D eigenvalue weighted by Gasteiger charge is -2.25. The van der Waals surface area contributed by atoms with E-state index in [-0.39, 0.29) is 35.5 Å². The number of terminal acetylenes is 1. The van der Waals surface area contributed by atoms with Gasteiger partial charge in [0.2, 0.25) is 5.91 Å². The molecule has 0 bridgehead atoms. The maximum absolute atomic E-state index is 13.2. The Hall–Kier alpha value is -3.47. The van der Waals surface area contributed by atoms with Gasteiger partial charge in [-0.2, -0.15) is 10.2 Å². The summed E-state index contributed by atoms with van der Waals surface area (Å²) in [7, 11) is 0. The van der Waals surface area contributed by atoms with Gasteiger partial charge in [0.05, 0.1) is 0 Å². The third-order valence-corrected chi connectivity index (χ3v) is 8.14. The Morgan fingerprint density at radius 2 is 1.74 bits per heavy atom. The first-order valence-electron chi connectivity index (χ1n) is 15.8. The number of nitrogens with zero attached hydrogens (tertiary/aromatic N) is 3. The number of amides is 2. The third-order valence-electron chi connectivity index (χ3n) is 8.14. The van der Waals surface area contributed by atoms with Gasteiger partial charge in [0.15, 0.2) is 5.66 Å². The second kappa shape index (κ2) is 17.5. The van der Waals surface area contributed by atoms with Gasteiger partial charge in [0.1, 0.15) is 12.1 Å². The molecule has 228 valence electrons. The summed E-state index contributed by atoms with van der Waals surface area (Å²) in [4.78, 5) is 40.3. The molecular weight excluding hydrogens is 528 g/mol. The van der Waals surface area contributed by atoms with E-state index in [0.29, 0.717) is 31.4 Å². The molecule has 2 amide bonds. The Kier molecular flexibility index (Phi) is 13.7. The highest BCUT2D eigenvalue weighted by Crippen LogP contribution is 2.36. The normalized spacial score (nSPS) is 17.8. The largest absolute Gasteiger partial charge is 0.461 e. The molecule has 0 fully saturated rings. The minimum Gasteiger partial charge on any atom is -0.461 e. The van der Waals surface area contributed by atoms with E-state index in [1.54, 1.807) is 18.3 Å². The van der Waals surface area contributed by atoms with Crippen molar-refractivity contribution >= 4 is 17.8 Å². The highest BCUT2D eigenvalue weighted by molar-refractivity contribution is 5.98. The summed E-state index contributed by atoms with van der Waals surface area (Å²) in [5.74, 6) is 2.10. The lowest BCUT2D eigenvalue weighted by atomic mass is 9.99. The maximum atomic E-state index is 13.2. The summed E-state index contributed by atoms with van der Waals surface area (Å²) >= 11 is 0. The van der Waals surface area contributed by atoms with Crippen molar-refractivity contribution in [2.75, 3.05) is 6.54 Å². The van der Waals surface area contributed by atoms with E-state index in [4.69, 9.17) is 11.2 Å². The van der Waals surface area contributed by atoms with Gasteiger partial charge in [0.25, 0.3) is 5.91 Å². The first-order chi connectivity index (χ1) is 20.4. The summed E-state index contributed by atoms with van der Waals surface area (Å²) in [6, 6.07) is 8.40. The maximum Gasteiger partial charge on any atom is 0.329 e. The number of rotatable bonds is 20. The fourth-order valence-electron chi connectivity index (χ4n) is 5.33. The predicted octanol–water partition coefficient (Wildman–Crippen LogP) is 6.97. The van der Waals surface area contributed by atoms with Crippen LogP contribution in [0.15, 0.2) is 52.8 Å². The molecule has 42 heavy (non-hydrogen) atoms. The van der Waals surface area contributed by atoms with E-state index in [1.807, 2.05) is 31.2 Å². The molecular formula is C34H48N4O4. The molecule has 0 aromatic heterocycles. The molecule has 0 aliphatic carbocycles. The van der Waals surface area contributed by atoms with Crippen LogP contribution in [0.3, 0.4) is 0 Å². The number of esters is 1. The van der Waals surface area contributed by atoms with E-state index in [9.17, 15) is 14.4 Å². The van der Waals surface area contributed by atoms with Gasteiger partial charge in [-0.1, -0.05) is 70.2 Å². The number of carbonyl (C=O) groups is 3.